The van der Waals surface area contributed by atoms with Gasteiger partial charge >= 0.3 is 0 Å². The summed E-state index contributed by atoms with van der Waals surface area (Å²) in [5.41, 5.74) is 0. The molecule has 0 saturated carbocycles. The highest BCUT2D eigenvalue weighted by atomic mass is 32.2. The second kappa shape index (κ2) is 5.26. The number of thioether (sulfide) groups is 1. The summed E-state index contributed by atoms with van der Waals surface area (Å²) >= 11 is 5.43. The van der Waals surface area contributed by atoms with E-state index in [1.165, 1.54) is 11.8 Å². The molecule has 2 heteroatoms. The maximum Gasteiger partial charge on any atom is 0.0485 e. The largest absolute Gasteiger partial charge is 0.167 e. The lowest BCUT2D eigenvalue weighted by molar-refractivity contribution is 1.93. The zero-order valence-corrected chi connectivity index (χ0v) is 5.27. The van der Waals surface area contributed by atoms with Crippen molar-refractivity contribution in [1.82, 2.24) is 0 Å². The van der Waals surface area contributed by atoms with Crippen molar-refractivity contribution in [1.29, 1.82) is 0 Å². The van der Waals surface area contributed by atoms with E-state index in [0.29, 0.717) is 0 Å². The first-order chi connectivity index (χ1) is 2.91. The van der Waals surface area contributed by atoms with Crippen LogP contribution in [-0.4, -0.2) is 5.08 Å². The Morgan fingerprint density at radius 2 is 2.50 bits per heavy atom. The molecule has 0 atom stereocenters. The van der Waals surface area contributed by atoms with Crippen LogP contribution in [0.4, 0.5) is 0 Å². The quantitative estimate of drug-likeness (QED) is 0.310. The molecule has 0 aromatic rings. The van der Waals surface area contributed by atoms with Crippen molar-refractivity contribution >= 4 is 24.4 Å². The number of rotatable bonds is 1. The third-order valence-corrected chi connectivity index (χ3v) is 1.10. The van der Waals surface area contributed by atoms with Gasteiger partial charge in [0.05, 0.1) is 0 Å². The van der Waals surface area contributed by atoms with Crippen LogP contribution in [0.1, 0.15) is 6.92 Å². The molecule has 34 valence electrons. The van der Waals surface area contributed by atoms with Crippen LogP contribution in [0, 0.1) is 11.2 Å². The maximum absolute atomic E-state index is 3.92. The zero-order chi connectivity index (χ0) is 4.83. The van der Waals surface area contributed by atoms with E-state index in [4.69, 9.17) is 0 Å². The van der Waals surface area contributed by atoms with Crippen molar-refractivity contribution < 1.29 is 0 Å². The van der Waals surface area contributed by atoms with Crippen LogP contribution in [0.3, 0.4) is 0 Å². The Labute approximate surface area is 48.1 Å². The monoisotopic (exact) mass is 118 g/mol. The van der Waals surface area contributed by atoms with Crippen molar-refractivity contribution in [2.24, 2.45) is 0 Å². The second-order valence-electron chi connectivity index (χ2n) is 0.625. The minimum absolute atomic E-state index is 0.792. The Morgan fingerprint density at radius 1 is 1.83 bits per heavy atom. The van der Waals surface area contributed by atoms with Gasteiger partial charge in [0.15, 0.2) is 0 Å². The molecule has 0 aliphatic rings. The van der Waals surface area contributed by atoms with Crippen molar-refractivity contribution in [3.8, 4) is 11.2 Å². The van der Waals surface area contributed by atoms with Gasteiger partial charge in [-0.1, -0.05) is 17.7 Å². The third kappa shape index (κ3) is 4.26. The molecular weight excluding hydrogens is 112 g/mol. The van der Waals surface area contributed by atoms with Gasteiger partial charge in [0, 0.05) is 5.08 Å². The van der Waals surface area contributed by atoms with Crippen molar-refractivity contribution in [2.45, 2.75) is 6.92 Å². The van der Waals surface area contributed by atoms with Crippen LogP contribution >= 0.6 is 24.4 Å². The lowest BCUT2D eigenvalue weighted by atomic mass is 10.9. The average Bonchev–Trinajstić information content (AvgIpc) is 1.61. The van der Waals surface area contributed by atoms with Crippen LogP contribution in [0.25, 0.3) is 0 Å². The summed E-state index contributed by atoms with van der Waals surface area (Å²) in [7, 11) is 0. The third-order valence-electron chi connectivity index (χ3n) is 0.239. The molecule has 0 heterocycles. The van der Waals surface area contributed by atoms with E-state index >= 15 is 0 Å². The molecule has 0 unspecified atom stereocenters. The molecule has 0 aromatic carbocycles. The number of thiol groups is 1. The molecule has 0 radical (unpaired) electrons. The molecule has 0 bridgehead atoms. The molecule has 0 fully saturated rings. The van der Waals surface area contributed by atoms with Gasteiger partial charge in [-0.15, -0.1) is 0 Å². The fraction of sp³-hybridized carbons (Fsp3) is 0.500. The zero-order valence-electron chi connectivity index (χ0n) is 3.56. The molecule has 0 rings (SSSR count). The highest BCUT2D eigenvalue weighted by Gasteiger charge is 1.64. The molecule has 0 amide bonds. The van der Waals surface area contributed by atoms with Crippen LogP contribution in [-0.2, 0) is 0 Å². The van der Waals surface area contributed by atoms with Gasteiger partial charge in [0.2, 0.25) is 0 Å². The molecule has 0 aliphatic heterocycles. The number of hydrogen-bond acceptors (Lipinski definition) is 2. The summed E-state index contributed by atoms with van der Waals surface area (Å²) < 4.78 is 0. The molecule has 0 saturated heterocycles. The van der Waals surface area contributed by atoms with E-state index in [-0.39, 0.29) is 0 Å². The van der Waals surface area contributed by atoms with Crippen LogP contribution in [0.15, 0.2) is 0 Å². The molecule has 0 spiro atoms. The molecule has 0 N–H and O–H groups in total. The Hall–Kier alpha value is 0.260. The molecule has 0 nitrogen and oxygen atoms in total. The smallest absolute Gasteiger partial charge is 0.0485 e. The van der Waals surface area contributed by atoms with E-state index in [1.54, 1.807) is 0 Å². The molecule has 0 aliphatic carbocycles. The van der Waals surface area contributed by atoms with Crippen molar-refractivity contribution in [3.63, 3.8) is 0 Å². The Kier molecular flexibility index (Phi) is 5.49. The summed E-state index contributed by atoms with van der Waals surface area (Å²) in [5, 5.41) is 3.58. The van der Waals surface area contributed by atoms with Crippen LogP contribution in [0.5, 0.6) is 0 Å². The van der Waals surface area contributed by atoms with Crippen molar-refractivity contribution in [2.75, 3.05) is 5.08 Å². The summed E-state index contributed by atoms with van der Waals surface area (Å²) in [6, 6.07) is 0. The highest BCUT2D eigenvalue weighted by molar-refractivity contribution is 8.12. The van der Waals surface area contributed by atoms with Crippen LogP contribution < -0.4 is 0 Å². The number of hydrogen-bond donors (Lipinski definition) is 1. The molecule has 6 heavy (non-hydrogen) atoms. The van der Waals surface area contributed by atoms with E-state index < -0.39 is 0 Å². The van der Waals surface area contributed by atoms with Gasteiger partial charge in [-0.05, 0) is 12.2 Å². The van der Waals surface area contributed by atoms with Gasteiger partial charge in [-0.2, -0.15) is 12.6 Å². The SMILES string of the molecule is CC#CSCS. The Balaban J connectivity index is 2.79. The summed E-state index contributed by atoms with van der Waals surface area (Å²) in [6.07, 6.45) is 0. The van der Waals surface area contributed by atoms with E-state index in [1.807, 2.05) is 6.92 Å². The van der Waals surface area contributed by atoms with Gasteiger partial charge < -0.3 is 0 Å². The first kappa shape index (κ1) is 6.26. The van der Waals surface area contributed by atoms with E-state index in [9.17, 15) is 0 Å². The minimum Gasteiger partial charge on any atom is -0.167 e. The minimum atomic E-state index is 0.792. The summed E-state index contributed by atoms with van der Waals surface area (Å²) in [5.74, 6) is 2.73. The van der Waals surface area contributed by atoms with Crippen molar-refractivity contribution in [3.05, 3.63) is 0 Å². The lowest BCUT2D eigenvalue weighted by Crippen LogP contribution is -1.48. The summed E-state index contributed by atoms with van der Waals surface area (Å²) in [4.78, 5) is 0. The average molecular weight is 118 g/mol. The van der Waals surface area contributed by atoms with E-state index in [0.717, 1.165) is 5.08 Å². The van der Waals surface area contributed by atoms with Gasteiger partial charge in [-0.3, -0.25) is 0 Å². The standard InChI is InChI=1S/C4H6S2/c1-2-3-6-4-5/h5H,4H2,1H3. The predicted molar refractivity (Wildman–Crippen MR) is 34.9 cm³/mol. The molecular formula is C4H6S2. The topological polar surface area (TPSA) is 0 Å². The van der Waals surface area contributed by atoms with E-state index in [2.05, 4.69) is 23.8 Å². The highest BCUT2D eigenvalue weighted by Crippen LogP contribution is 1.95. The van der Waals surface area contributed by atoms with Gasteiger partial charge in [-0.25, -0.2) is 0 Å². The fourth-order valence-corrected chi connectivity index (χ4v) is 0.507. The lowest BCUT2D eigenvalue weighted by Gasteiger charge is -1.71. The normalized spacial score (nSPS) is 6.33. The first-order valence-corrected chi connectivity index (χ1v) is 3.18. The molecule has 0 aromatic heterocycles. The fourth-order valence-electron chi connectivity index (χ4n) is 0.104. The van der Waals surface area contributed by atoms with Gasteiger partial charge in [0.1, 0.15) is 0 Å². The van der Waals surface area contributed by atoms with Gasteiger partial charge in [0.25, 0.3) is 0 Å². The predicted octanol–water partition coefficient (Wildman–Crippen LogP) is 1.59. The summed E-state index contributed by atoms with van der Waals surface area (Å²) in [6.45, 7) is 1.82. The Morgan fingerprint density at radius 3 is 2.67 bits per heavy atom. The van der Waals surface area contributed by atoms with Crippen LogP contribution in [0.2, 0.25) is 0 Å². The first-order valence-electron chi connectivity index (χ1n) is 1.56. The second-order valence-corrected chi connectivity index (χ2v) is 2.15. The Bertz CT molecular complexity index is 67.4. The maximum atomic E-state index is 3.92.